The van der Waals surface area contributed by atoms with Crippen LogP contribution in [-0.2, 0) is 9.53 Å². The van der Waals surface area contributed by atoms with Crippen LogP contribution in [-0.4, -0.2) is 18.3 Å². The van der Waals surface area contributed by atoms with E-state index >= 15 is 0 Å². The number of hydrogen-bond donors (Lipinski definition) is 1. The van der Waals surface area contributed by atoms with Gasteiger partial charge < -0.3 is 4.74 Å². The van der Waals surface area contributed by atoms with Crippen LogP contribution in [0.1, 0.15) is 77.6 Å². The van der Waals surface area contributed by atoms with Gasteiger partial charge in [0.25, 0.3) is 0 Å². The predicted octanol–water partition coefficient (Wildman–Crippen LogP) is 5.42. The van der Waals surface area contributed by atoms with Gasteiger partial charge in [0.05, 0.1) is 6.61 Å². The van der Waals surface area contributed by atoms with Crippen molar-refractivity contribution >= 4 is 28.4 Å². The number of rotatable bonds is 14. The minimum atomic E-state index is -0.0729. The second kappa shape index (κ2) is 16.2. The highest BCUT2D eigenvalue weighted by atomic mass is 33.1. The highest BCUT2D eigenvalue weighted by molar-refractivity contribution is 8.68. The van der Waals surface area contributed by atoms with Crippen LogP contribution in [0.4, 0.5) is 0 Å². The molecule has 0 aromatic heterocycles. The molecular weight excluding hydrogens is 276 g/mol. The smallest absolute Gasteiger partial charge is 0.305 e. The Labute approximate surface area is 128 Å². The zero-order chi connectivity index (χ0) is 14.2. The van der Waals surface area contributed by atoms with Crippen LogP contribution in [0.15, 0.2) is 0 Å². The monoisotopic (exact) mass is 306 g/mol. The van der Waals surface area contributed by atoms with Crippen LogP contribution < -0.4 is 0 Å². The minimum absolute atomic E-state index is 0.0729. The Morgan fingerprint density at radius 1 is 0.895 bits per heavy atom. The maximum atomic E-state index is 10.9. The average molecular weight is 307 g/mol. The first-order valence-corrected chi connectivity index (χ1v) is 9.77. The van der Waals surface area contributed by atoms with E-state index in [4.69, 9.17) is 4.74 Å². The molecule has 0 N–H and O–H groups in total. The third kappa shape index (κ3) is 16.1. The van der Waals surface area contributed by atoms with Gasteiger partial charge in [0.1, 0.15) is 0 Å². The summed E-state index contributed by atoms with van der Waals surface area (Å²) in [4.78, 5) is 10.9. The Balaban J connectivity index is 2.97. The molecule has 4 heteroatoms. The molecule has 2 nitrogen and oxygen atoms in total. The molecule has 0 rings (SSSR count). The predicted molar refractivity (Wildman–Crippen MR) is 88.9 cm³/mol. The van der Waals surface area contributed by atoms with Crippen molar-refractivity contribution in [3.05, 3.63) is 0 Å². The van der Waals surface area contributed by atoms with E-state index in [0.29, 0.717) is 13.0 Å². The molecule has 0 aromatic carbocycles. The number of thiol groups is 1. The molecule has 0 fully saturated rings. The molecule has 0 radical (unpaired) electrons. The van der Waals surface area contributed by atoms with Crippen molar-refractivity contribution in [1.29, 1.82) is 0 Å². The second-order valence-corrected chi connectivity index (χ2v) is 6.38. The van der Waals surface area contributed by atoms with E-state index in [0.717, 1.165) is 6.42 Å². The van der Waals surface area contributed by atoms with Crippen molar-refractivity contribution in [3.8, 4) is 0 Å². The number of unbranched alkanes of at least 4 members (excludes halogenated alkanes) is 9. The molecule has 0 aliphatic heterocycles. The van der Waals surface area contributed by atoms with Crippen molar-refractivity contribution < 1.29 is 9.53 Å². The third-order valence-electron chi connectivity index (χ3n) is 3.18. The summed E-state index contributed by atoms with van der Waals surface area (Å²) in [5.41, 5.74) is 0. The van der Waals surface area contributed by atoms with E-state index in [1.165, 1.54) is 63.5 Å². The Kier molecular flexibility index (Phi) is 16.4. The van der Waals surface area contributed by atoms with E-state index in [2.05, 4.69) is 11.7 Å². The summed E-state index contributed by atoms with van der Waals surface area (Å²) >= 11 is 4.13. The van der Waals surface area contributed by atoms with Crippen molar-refractivity contribution in [2.24, 2.45) is 0 Å². The number of esters is 1. The van der Waals surface area contributed by atoms with Gasteiger partial charge in [-0.1, -0.05) is 69.1 Å². The second-order valence-electron chi connectivity index (χ2n) is 4.94. The maximum absolute atomic E-state index is 10.9. The molecule has 0 spiro atoms. The molecule has 0 atom stereocenters. The van der Waals surface area contributed by atoms with E-state index in [9.17, 15) is 4.79 Å². The largest absolute Gasteiger partial charge is 0.466 e. The Hall–Kier alpha value is 0.170. The summed E-state index contributed by atoms with van der Waals surface area (Å²) in [6.07, 6.45) is 13.5. The summed E-state index contributed by atoms with van der Waals surface area (Å²) in [5.74, 6) is 1.11. The summed E-state index contributed by atoms with van der Waals surface area (Å²) < 4.78 is 5.04. The molecule has 114 valence electrons. The van der Waals surface area contributed by atoms with Crippen LogP contribution in [0.2, 0.25) is 0 Å². The van der Waals surface area contributed by atoms with Crippen molar-refractivity contribution in [1.82, 2.24) is 0 Å². The quantitative estimate of drug-likeness (QED) is 0.201. The van der Waals surface area contributed by atoms with Gasteiger partial charge in [-0.25, -0.2) is 0 Å². The molecule has 0 amide bonds. The van der Waals surface area contributed by atoms with Gasteiger partial charge in [-0.15, -0.1) is 11.7 Å². The fourth-order valence-electron chi connectivity index (χ4n) is 1.97. The van der Waals surface area contributed by atoms with Gasteiger partial charge in [-0.3, -0.25) is 4.79 Å². The fourth-order valence-corrected chi connectivity index (χ4v) is 2.69. The fraction of sp³-hybridized carbons (Fsp3) is 0.933. The van der Waals surface area contributed by atoms with Gasteiger partial charge in [0, 0.05) is 12.2 Å². The topological polar surface area (TPSA) is 26.3 Å². The lowest BCUT2D eigenvalue weighted by Gasteiger charge is -2.04. The molecule has 0 aliphatic carbocycles. The SMILES string of the molecule is CCC(=O)OCCCCCCCCCCCCSS. The van der Waals surface area contributed by atoms with Gasteiger partial charge in [0.2, 0.25) is 0 Å². The van der Waals surface area contributed by atoms with Crippen LogP contribution in [0.5, 0.6) is 0 Å². The first kappa shape index (κ1) is 19.2. The van der Waals surface area contributed by atoms with Gasteiger partial charge in [-0.2, -0.15) is 0 Å². The minimum Gasteiger partial charge on any atom is -0.466 e. The number of carbonyl (C=O) groups is 1. The van der Waals surface area contributed by atoms with Crippen molar-refractivity contribution in [2.75, 3.05) is 12.4 Å². The zero-order valence-corrected chi connectivity index (χ0v) is 14.1. The molecule has 0 bridgehead atoms. The molecule has 0 heterocycles. The number of carbonyl (C=O) groups excluding carboxylic acids is 1. The molecular formula is C15H30O2S2. The average Bonchev–Trinajstić information content (AvgIpc) is 2.43. The molecule has 0 saturated heterocycles. The van der Waals surface area contributed by atoms with E-state index in [1.54, 1.807) is 10.8 Å². The lowest BCUT2D eigenvalue weighted by Crippen LogP contribution is -2.03. The van der Waals surface area contributed by atoms with Gasteiger partial charge in [-0.05, 0) is 12.8 Å². The first-order valence-electron chi connectivity index (χ1n) is 7.73. The van der Waals surface area contributed by atoms with Crippen molar-refractivity contribution in [2.45, 2.75) is 77.6 Å². The lowest BCUT2D eigenvalue weighted by atomic mass is 10.1. The highest BCUT2D eigenvalue weighted by Gasteiger charge is 1.97. The Morgan fingerprint density at radius 2 is 1.37 bits per heavy atom. The number of hydrogen-bond acceptors (Lipinski definition) is 4. The van der Waals surface area contributed by atoms with Crippen LogP contribution >= 0.6 is 22.5 Å². The molecule has 0 saturated carbocycles. The summed E-state index contributed by atoms with van der Waals surface area (Å²) in [6, 6.07) is 0. The van der Waals surface area contributed by atoms with E-state index in [1.807, 2.05) is 6.92 Å². The Bertz CT molecular complexity index is 199. The third-order valence-corrected chi connectivity index (χ3v) is 4.20. The highest BCUT2D eigenvalue weighted by Crippen LogP contribution is 2.13. The van der Waals surface area contributed by atoms with Crippen LogP contribution in [0.3, 0.4) is 0 Å². The molecule has 0 unspecified atom stereocenters. The molecule has 19 heavy (non-hydrogen) atoms. The summed E-state index contributed by atoms with van der Waals surface area (Å²) in [6.45, 7) is 2.44. The van der Waals surface area contributed by atoms with Crippen molar-refractivity contribution in [3.63, 3.8) is 0 Å². The summed E-state index contributed by atoms with van der Waals surface area (Å²) in [5, 5.41) is 0. The zero-order valence-electron chi connectivity index (χ0n) is 12.4. The van der Waals surface area contributed by atoms with Crippen LogP contribution in [0, 0.1) is 0 Å². The summed E-state index contributed by atoms with van der Waals surface area (Å²) in [7, 11) is 1.65. The van der Waals surface area contributed by atoms with Gasteiger partial charge >= 0.3 is 5.97 Å². The Morgan fingerprint density at radius 3 is 1.84 bits per heavy atom. The lowest BCUT2D eigenvalue weighted by molar-refractivity contribution is -0.143. The normalized spacial score (nSPS) is 10.6. The van der Waals surface area contributed by atoms with Gasteiger partial charge in [0.15, 0.2) is 0 Å². The maximum Gasteiger partial charge on any atom is 0.305 e. The first-order chi connectivity index (χ1) is 9.31. The van der Waals surface area contributed by atoms with Crippen LogP contribution in [0.25, 0.3) is 0 Å². The van der Waals surface area contributed by atoms with E-state index in [-0.39, 0.29) is 5.97 Å². The number of ether oxygens (including phenoxy) is 1. The van der Waals surface area contributed by atoms with E-state index < -0.39 is 0 Å². The standard InChI is InChI=1S/C15H30O2S2/c1-2-15(16)17-13-11-9-7-5-3-4-6-8-10-12-14-19-18/h18H,2-14H2,1H3. The molecule has 0 aromatic rings. The molecule has 0 aliphatic rings.